The van der Waals surface area contributed by atoms with Gasteiger partial charge in [0.05, 0.1) is 37.1 Å². The summed E-state index contributed by atoms with van der Waals surface area (Å²) in [5.74, 6) is -3.24. The van der Waals surface area contributed by atoms with Crippen molar-refractivity contribution in [2.24, 2.45) is 17.8 Å². The number of aliphatic hydroxyl groups excluding tert-OH is 1. The zero-order valence-electron chi connectivity index (χ0n) is 31.6. The summed E-state index contributed by atoms with van der Waals surface area (Å²) in [5.41, 5.74) is -1.98. The molecule has 2 N–H and O–H groups in total. The van der Waals surface area contributed by atoms with E-state index in [2.05, 4.69) is 32.3 Å². The van der Waals surface area contributed by atoms with Crippen LogP contribution in [0, 0.1) is 17.8 Å². The summed E-state index contributed by atoms with van der Waals surface area (Å²) < 4.78 is 32.3. The maximum atomic E-state index is 14.3. The number of ether oxygens (including phenoxy) is 5. The molecule has 48 heavy (non-hydrogen) atoms. The van der Waals surface area contributed by atoms with Gasteiger partial charge in [0.2, 0.25) is 0 Å². The van der Waals surface area contributed by atoms with Crippen LogP contribution in [0.25, 0.3) is 0 Å². The first-order valence-electron chi connectivity index (χ1n) is 18.2. The van der Waals surface area contributed by atoms with Gasteiger partial charge in [0.25, 0.3) is 0 Å². The van der Waals surface area contributed by atoms with Crippen LogP contribution in [0.5, 0.6) is 0 Å². The highest BCUT2D eigenvalue weighted by molar-refractivity contribution is 6.00. The Morgan fingerprint density at radius 1 is 1.06 bits per heavy atom. The van der Waals surface area contributed by atoms with E-state index in [-0.39, 0.29) is 43.1 Å². The van der Waals surface area contributed by atoms with Crippen molar-refractivity contribution in [2.45, 2.75) is 155 Å². The fraction of sp³-hybridized carbons (Fsp3) is 0.892. The second-order valence-corrected chi connectivity index (χ2v) is 15.6. The van der Waals surface area contributed by atoms with Crippen LogP contribution >= 0.6 is 0 Å². The van der Waals surface area contributed by atoms with Crippen molar-refractivity contribution in [3.8, 4) is 0 Å². The minimum absolute atomic E-state index is 0.0402. The van der Waals surface area contributed by atoms with Crippen molar-refractivity contribution in [3.63, 3.8) is 0 Å². The molecule has 13 atom stereocenters. The predicted molar refractivity (Wildman–Crippen MR) is 184 cm³/mol. The van der Waals surface area contributed by atoms with Crippen LogP contribution in [0.15, 0.2) is 12.2 Å². The van der Waals surface area contributed by atoms with Gasteiger partial charge in [0, 0.05) is 24.5 Å². The minimum Gasteiger partial charge on any atom is -0.459 e. The van der Waals surface area contributed by atoms with Gasteiger partial charge in [-0.05, 0) is 92.4 Å². The van der Waals surface area contributed by atoms with Crippen LogP contribution in [-0.4, -0.2) is 132 Å². The second kappa shape index (κ2) is 17.2. The molecule has 4 heterocycles. The molecule has 11 nitrogen and oxygen atoms in total. The monoisotopic (exact) mass is 682 g/mol. The summed E-state index contributed by atoms with van der Waals surface area (Å²) in [6, 6.07) is -0.263. The van der Waals surface area contributed by atoms with Crippen molar-refractivity contribution in [3.05, 3.63) is 12.2 Å². The Labute approximate surface area is 289 Å². The molecule has 0 unspecified atom stereocenters. The molecule has 0 aromatic carbocycles. The Balaban J connectivity index is 2.24. The zero-order chi connectivity index (χ0) is 36.1. The van der Waals surface area contributed by atoms with Crippen LogP contribution in [0.1, 0.15) is 94.4 Å². The number of esters is 1. The van der Waals surface area contributed by atoms with Gasteiger partial charge in [-0.25, -0.2) is 0 Å². The van der Waals surface area contributed by atoms with Gasteiger partial charge in [-0.1, -0.05) is 40.7 Å². The highest BCUT2D eigenvalue weighted by Crippen LogP contribution is 2.38. The molecule has 4 aliphatic heterocycles. The van der Waals surface area contributed by atoms with Gasteiger partial charge >= 0.3 is 5.97 Å². The second-order valence-electron chi connectivity index (χ2n) is 15.6. The summed E-state index contributed by atoms with van der Waals surface area (Å²) in [6.45, 7) is 23.1. The number of carbonyl (C=O) groups is 2. The average molecular weight is 683 g/mol. The molecule has 0 aromatic heterocycles. The van der Waals surface area contributed by atoms with E-state index in [4.69, 9.17) is 23.7 Å². The molecule has 4 fully saturated rings. The number of nitrogens with zero attached hydrogens (tertiary/aromatic N) is 2. The lowest BCUT2D eigenvalue weighted by Gasteiger charge is -2.48. The standard InChI is InChI=1S/C37H66N2O9/c1-13-15-29-37(10,43)32-23(4)19-39(16-14-2)24(5)18-36(9,45-21-22(3)20-44-32)33(26(7)30(40)27(8)34(42)47-29)48-35-31(41)28(38(11)12)17-25(6)46-35/h23-29,31-33,35,41,43H,3,13-21H2,1-2,4-12H3/t23-,24+,25+,26-,27+,28-,29+,31+,32+,33+,35-,36+,37+/m0/s1. The SMILES string of the molecule is C=C1CO[C@@H]2[C@@H](C)CN(CCC)[C@H](C)C[C@@](C)(OC1)[C@H](O[C@@H]1O[C@H](C)C[C@H](N(C)C)[C@H]1O)[C@@H](C)C(=O)[C@@H](C)C(=O)O[C@H](CCC)[C@@]2(C)O. The normalized spacial score (nSPS) is 43.2. The van der Waals surface area contributed by atoms with Crippen molar-refractivity contribution < 1.29 is 43.5 Å². The lowest BCUT2D eigenvalue weighted by Crippen LogP contribution is -2.60. The summed E-state index contributed by atoms with van der Waals surface area (Å²) in [6.07, 6.45) is -1.70. The molecule has 0 aliphatic carbocycles. The van der Waals surface area contributed by atoms with Crippen molar-refractivity contribution in [2.75, 3.05) is 40.4 Å². The fourth-order valence-electron chi connectivity index (χ4n) is 8.05. The van der Waals surface area contributed by atoms with Crippen molar-refractivity contribution >= 4 is 11.8 Å². The Morgan fingerprint density at radius 3 is 2.33 bits per heavy atom. The number of likely N-dealkylation sites (N-methyl/N-ethyl adjacent to an activating group) is 1. The van der Waals surface area contributed by atoms with Crippen LogP contribution in [0.2, 0.25) is 0 Å². The van der Waals surface area contributed by atoms with Crippen LogP contribution < -0.4 is 0 Å². The lowest BCUT2D eigenvalue weighted by atomic mass is 9.79. The van der Waals surface area contributed by atoms with Gasteiger partial charge in [-0.3, -0.25) is 9.59 Å². The van der Waals surface area contributed by atoms with Gasteiger partial charge < -0.3 is 43.7 Å². The largest absolute Gasteiger partial charge is 0.459 e. The molecule has 0 aromatic rings. The number of rotatable bonds is 7. The average Bonchev–Trinajstić information content (AvgIpc) is 3.01. The lowest BCUT2D eigenvalue weighted by molar-refractivity contribution is -0.297. The van der Waals surface area contributed by atoms with E-state index < -0.39 is 59.7 Å². The van der Waals surface area contributed by atoms with E-state index >= 15 is 0 Å². The first-order chi connectivity index (χ1) is 22.4. The van der Waals surface area contributed by atoms with Crippen molar-refractivity contribution in [1.29, 1.82) is 0 Å². The quantitative estimate of drug-likeness (QED) is 0.230. The molecule has 0 saturated carbocycles. The van der Waals surface area contributed by atoms with Gasteiger partial charge in [-0.15, -0.1) is 0 Å². The van der Waals surface area contributed by atoms with Crippen LogP contribution in [0.3, 0.4) is 0 Å². The Morgan fingerprint density at radius 2 is 1.73 bits per heavy atom. The Kier molecular flexibility index (Phi) is 14.7. The van der Waals surface area contributed by atoms with E-state index in [9.17, 15) is 19.8 Å². The smallest absolute Gasteiger partial charge is 0.316 e. The summed E-state index contributed by atoms with van der Waals surface area (Å²) in [5, 5.41) is 23.7. The van der Waals surface area contributed by atoms with Crippen LogP contribution in [0.4, 0.5) is 0 Å². The van der Waals surface area contributed by atoms with Crippen molar-refractivity contribution in [1.82, 2.24) is 9.80 Å². The maximum absolute atomic E-state index is 14.3. The number of hydrogen-bond acceptors (Lipinski definition) is 11. The van der Waals surface area contributed by atoms with E-state index in [1.165, 1.54) is 0 Å². The Hall–Kier alpha value is -1.44. The number of aliphatic hydroxyl groups is 2. The van der Waals surface area contributed by atoms with E-state index in [0.717, 1.165) is 13.0 Å². The number of ketones is 1. The van der Waals surface area contributed by atoms with E-state index in [0.29, 0.717) is 37.8 Å². The molecule has 278 valence electrons. The molecule has 11 heteroatoms. The number of fused-ring (bicyclic) bond motifs is 15. The minimum atomic E-state index is -1.56. The molecule has 0 spiro atoms. The summed E-state index contributed by atoms with van der Waals surface area (Å²) in [4.78, 5) is 32.4. The molecule has 2 bridgehead atoms. The third-order valence-electron chi connectivity index (χ3n) is 10.8. The number of carbonyl (C=O) groups excluding carboxylic acids is 2. The third kappa shape index (κ3) is 9.46. The third-order valence-corrected chi connectivity index (χ3v) is 10.8. The predicted octanol–water partition coefficient (Wildman–Crippen LogP) is 3.97. The molecule has 4 saturated heterocycles. The summed E-state index contributed by atoms with van der Waals surface area (Å²) in [7, 11) is 3.83. The Bertz CT molecular complexity index is 1090. The van der Waals surface area contributed by atoms with Gasteiger partial charge in [0.15, 0.2) is 12.1 Å². The topological polar surface area (TPSA) is 127 Å². The number of Topliss-reactive ketones (excluding diaryl/α,β-unsaturated/α-hetero) is 1. The molecule has 4 rings (SSSR count). The van der Waals surface area contributed by atoms with Gasteiger partial charge in [0.1, 0.15) is 23.7 Å². The number of hydrogen-bond donors (Lipinski definition) is 2. The highest BCUT2D eigenvalue weighted by Gasteiger charge is 2.52. The first-order valence-corrected chi connectivity index (χ1v) is 18.2. The van der Waals surface area contributed by atoms with Gasteiger partial charge in [-0.2, -0.15) is 0 Å². The molecular formula is C37H66N2O9. The molecular weight excluding hydrogens is 616 g/mol. The maximum Gasteiger partial charge on any atom is 0.316 e. The molecule has 4 aliphatic rings. The first kappa shape index (κ1) is 41.0. The van der Waals surface area contributed by atoms with E-state index in [1.54, 1.807) is 20.8 Å². The summed E-state index contributed by atoms with van der Waals surface area (Å²) >= 11 is 0. The molecule has 0 radical (unpaired) electrons. The fourth-order valence-corrected chi connectivity index (χ4v) is 8.05. The zero-order valence-corrected chi connectivity index (χ0v) is 31.6. The van der Waals surface area contributed by atoms with Crippen LogP contribution in [-0.2, 0) is 33.3 Å². The highest BCUT2D eigenvalue weighted by atomic mass is 16.7. The molecule has 0 amide bonds. The van der Waals surface area contributed by atoms with E-state index in [1.807, 2.05) is 39.8 Å².